The predicted molar refractivity (Wildman–Crippen MR) is 74.2 cm³/mol. The molecule has 19 heavy (non-hydrogen) atoms. The quantitative estimate of drug-likeness (QED) is 0.720. The number of hydrogen-bond acceptors (Lipinski definition) is 3. The minimum Gasteiger partial charge on any atom is -0.497 e. The lowest BCUT2D eigenvalue weighted by atomic mass is 10.2. The fraction of sp³-hybridized carbons (Fsp3) is 0.133. The van der Waals surface area contributed by atoms with Gasteiger partial charge in [-0.1, -0.05) is 0 Å². The van der Waals surface area contributed by atoms with E-state index in [1.165, 1.54) is 0 Å². The van der Waals surface area contributed by atoms with Crippen molar-refractivity contribution < 1.29 is 9.47 Å². The lowest BCUT2D eigenvalue weighted by Gasteiger charge is -2.02. The van der Waals surface area contributed by atoms with E-state index in [1.807, 2.05) is 53.3 Å². The second-order valence-corrected chi connectivity index (χ2v) is 4.20. The fourth-order valence-corrected chi connectivity index (χ4v) is 1.99. The molecule has 0 saturated carbocycles. The summed E-state index contributed by atoms with van der Waals surface area (Å²) in [4.78, 5) is 0. The fourth-order valence-electron chi connectivity index (χ4n) is 1.99. The van der Waals surface area contributed by atoms with E-state index >= 15 is 0 Å². The number of benzene rings is 2. The molecule has 3 aromatic rings. The summed E-state index contributed by atoms with van der Waals surface area (Å²) in [6.45, 7) is 0. The molecule has 0 atom stereocenters. The van der Waals surface area contributed by atoms with Crippen LogP contribution < -0.4 is 9.47 Å². The third-order valence-electron chi connectivity index (χ3n) is 3.05. The molecule has 0 spiro atoms. The summed E-state index contributed by atoms with van der Waals surface area (Å²) in [5.41, 5.74) is 1.91. The third kappa shape index (κ3) is 2.12. The first-order chi connectivity index (χ1) is 9.30. The van der Waals surface area contributed by atoms with Gasteiger partial charge in [-0.2, -0.15) is 5.10 Å². The van der Waals surface area contributed by atoms with Gasteiger partial charge in [-0.05, 0) is 36.4 Å². The van der Waals surface area contributed by atoms with E-state index in [0.717, 1.165) is 28.1 Å². The van der Waals surface area contributed by atoms with Crippen LogP contribution in [-0.2, 0) is 0 Å². The lowest BCUT2D eigenvalue weighted by molar-refractivity contribution is 0.414. The van der Waals surface area contributed by atoms with Crippen LogP contribution in [0, 0.1) is 0 Å². The van der Waals surface area contributed by atoms with Crippen LogP contribution in [-0.4, -0.2) is 24.0 Å². The van der Waals surface area contributed by atoms with Gasteiger partial charge in [0.05, 0.1) is 25.4 Å². The monoisotopic (exact) mass is 254 g/mol. The number of ether oxygens (including phenoxy) is 2. The molecule has 0 bridgehead atoms. The van der Waals surface area contributed by atoms with E-state index in [1.54, 1.807) is 14.2 Å². The molecule has 0 saturated heterocycles. The second kappa shape index (κ2) is 4.65. The van der Waals surface area contributed by atoms with Gasteiger partial charge in [-0.15, -0.1) is 0 Å². The zero-order chi connectivity index (χ0) is 13.2. The zero-order valence-electron chi connectivity index (χ0n) is 10.8. The van der Waals surface area contributed by atoms with Gasteiger partial charge >= 0.3 is 0 Å². The Bertz CT molecular complexity index is 702. The van der Waals surface area contributed by atoms with Gasteiger partial charge < -0.3 is 9.47 Å². The highest BCUT2D eigenvalue weighted by Gasteiger charge is 2.04. The average molecular weight is 254 g/mol. The van der Waals surface area contributed by atoms with Crippen molar-refractivity contribution in [2.45, 2.75) is 0 Å². The predicted octanol–water partition coefficient (Wildman–Crippen LogP) is 3.04. The maximum absolute atomic E-state index is 5.20. The number of aromatic nitrogens is 2. The number of nitrogens with zero attached hydrogens (tertiary/aromatic N) is 2. The summed E-state index contributed by atoms with van der Waals surface area (Å²) in [6.07, 6.45) is 2.00. The highest BCUT2D eigenvalue weighted by Crippen LogP contribution is 2.21. The Labute approximate surface area is 111 Å². The van der Waals surface area contributed by atoms with Crippen molar-refractivity contribution in [1.29, 1.82) is 0 Å². The van der Waals surface area contributed by atoms with Crippen molar-refractivity contribution in [2.24, 2.45) is 0 Å². The standard InChI is InChI=1S/C15H14N2O2/c1-18-13-7-4-12(5-8-13)17-10-11-3-6-14(19-2)9-15(11)16-17/h3-10H,1-2H3. The van der Waals surface area contributed by atoms with E-state index in [-0.39, 0.29) is 0 Å². The minimum atomic E-state index is 0.812. The highest BCUT2D eigenvalue weighted by atomic mass is 16.5. The Kier molecular flexibility index (Phi) is 2.83. The molecule has 0 radical (unpaired) electrons. The highest BCUT2D eigenvalue weighted by molar-refractivity contribution is 5.80. The van der Waals surface area contributed by atoms with Crippen LogP contribution in [0.4, 0.5) is 0 Å². The molecule has 0 aliphatic carbocycles. The average Bonchev–Trinajstić information content (AvgIpc) is 2.90. The van der Waals surface area contributed by atoms with Crippen LogP contribution in [0.1, 0.15) is 0 Å². The molecule has 0 amide bonds. The Hall–Kier alpha value is -2.49. The molecular weight excluding hydrogens is 240 g/mol. The van der Waals surface area contributed by atoms with E-state index in [2.05, 4.69) is 5.10 Å². The zero-order valence-corrected chi connectivity index (χ0v) is 10.8. The molecule has 2 aromatic carbocycles. The molecule has 1 aromatic heterocycles. The summed E-state index contributed by atoms with van der Waals surface area (Å²) in [5, 5.41) is 5.62. The second-order valence-electron chi connectivity index (χ2n) is 4.20. The Morgan fingerprint density at radius 2 is 1.58 bits per heavy atom. The molecule has 4 nitrogen and oxygen atoms in total. The minimum absolute atomic E-state index is 0.812. The Balaban J connectivity index is 2.04. The Morgan fingerprint density at radius 1 is 0.895 bits per heavy atom. The van der Waals surface area contributed by atoms with Crippen LogP contribution in [0.25, 0.3) is 16.6 Å². The van der Waals surface area contributed by atoms with Crippen LogP contribution in [0.2, 0.25) is 0 Å². The molecule has 0 aliphatic heterocycles. The van der Waals surface area contributed by atoms with Gasteiger partial charge in [0.2, 0.25) is 0 Å². The summed E-state index contributed by atoms with van der Waals surface area (Å²) in [5.74, 6) is 1.65. The molecule has 1 heterocycles. The molecular formula is C15H14N2O2. The molecule has 0 fully saturated rings. The SMILES string of the molecule is COc1ccc(-n2cc3ccc(OC)cc3n2)cc1. The Morgan fingerprint density at radius 3 is 2.26 bits per heavy atom. The number of rotatable bonds is 3. The van der Waals surface area contributed by atoms with Crippen molar-refractivity contribution in [3.05, 3.63) is 48.7 Å². The maximum atomic E-state index is 5.20. The van der Waals surface area contributed by atoms with Crippen molar-refractivity contribution in [2.75, 3.05) is 14.2 Å². The van der Waals surface area contributed by atoms with Crippen LogP contribution in [0.15, 0.2) is 48.7 Å². The number of hydrogen-bond donors (Lipinski definition) is 0. The van der Waals surface area contributed by atoms with Gasteiger partial charge in [-0.25, -0.2) is 4.68 Å². The van der Waals surface area contributed by atoms with Crippen LogP contribution in [0.5, 0.6) is 11.5 Å². The van der Waals surface area contributed by atoms with Gasteiger partial charge in [0.25, 0.3) is 0 Å². The van der Waals surface area contributed by atoms with Crippen LogP contribution in [0.3, 0.4) is 0 Å². The molecule has 0 unspecified atom stereocenters. The van der Waals surface area contributed by atoms with Crippen LogP contribution >= 0.6 is 0 Å². The van der Waals surface area contributed by atoms with Gasteiger partial charge in [0.1, 0.15) is 11.5 Å². The first kappa shape index (κ1) is 11.6. The normalized spacial score (nSPS) is 10.6. The van der Waals surface area contributed by atoms with Crippen molar-refractivity contribution >= 4 is 10.9 Å². The topological polar surface area (TPSA) is 36.3 Å². The molecule has 4 heteroatoms. The van der Waals surface area contributed by atoms with Crippen molar-refractivity contribution in [1.82, 2.24) is 9.78 Å². The summed E-state index contributed by atoms with van der Waals surface area (Å²) in [7, 11) is 3.31. The van der Waals surface area contributed by atoms with Gasteiger partial charge in [0.15, 0.2) is 0 Å². The summed E-state index contributed by atoms with van der Waals surface area (Å²) >= 11 is 0. The number of methoxy groups -OCH3 is 2. The van der Waals surface area contributed by atoms with Crippen molar-refractivity contribution in [3.63, 3.8) is 0 Å². The molecule has 3 rings (SSSR count). The molecule has 0 N–H and O–H groups in total. The van der Waals surface area contributed by atoms with E-state index in [9.17, 15) is 0 Å². The first-order valence-corrected chi connectivity index (χ1v) is 5.98. The largest absolute Gasteiger partial charge is 0.497 e. The first-order valence-electron chi connectivity index (χ1n) is 5.98. The summed E-state index contributed by atoms with van der Waals surface area (Å²) in [6, 6.07) is 13.6. The number of fused-ring (bicyclic) bond motifs is 1. The smallest absolute Gasteiger partial charge is 0.121 e. The van der Waals surface area contributed by atoms with Gasteiger partial charge in [-0.3, -0.25) is 0 Å². The van der Waals surface area contributed by atoms with E-state index in [0.29, 0.717) is 0 Å². The maximum Gasteiger partial charge on any atom is 0.121 e. The lowest BCUT2D eigenvalue weighted by Crippen LogP contribution is -1.94. The summed E-state index contributed by atoms with van der Waals surface area (Å²) < 4.78 is 12.2. The van der Waals surface area contributed by atoms with Gasteiger partial charge in [0, 0.05) is 17.6 Å². The molecule has 96 valence electrons. The van der Waals surface area contributed by atoms with E-state index < -0.39 is 0 Å². The third-order valence-corrected chi connectivity index (χ3v) is 3.05. The van der Waals surface area contributed by atoms with Crippen molar-refractivity contribution in [3.8, 4) is 17.2 Å². The molecule has 0 aliphatic rings. The van der Waals surface area contributed by atoms with E-state index in [4.69, 9.17) is 9.47 Å².